The number of halogens is 2. The molecule has 0 aliphatic carbocycles. The Morgan fingerprint density at radius 2 is 1.88 bits per heavy atom. The summed E-state index contributed by atoms with van der Waals surface area (Å²) in [6.45, 7) is 1.08. The van der Waals surface area contributed by atoms with Gasteiger partial charge in [0.25, 0.3) is 0 Å². The van der Waals surface area contributed by atoms with Crippen LogP contribution in [0.5, 0.6) is 0 Å². The molecule has 88 valence electrons. The summed E-state index contributed by atoms with van der Waals surface area (Å²) in [6.07, 6.45) is 2.14. The highest BCUT2D eigenvalue weighted by Gasteiger charge is 2.25. The van der Waals surface area contributed by atoms with Gasteiger partial charge in [-0.2, -0.15) is 0 Å². The quantitative estimate of drug-likeness (QED) is 0.844. The van der Waals surface area contributed by atoms with Crippen molar-refractivity contribution in [2.75, 3.05) is 13.6 Å². The molecule has 1 aromatic carbocycles. The number of piperidine rings is 1. The molecule has 2 nitrogen and oxygen atoms in total. The summed E-state index contributed by atoms with van der Waals surface area (Å²) in [5, 5.41) is 0. The zero-order chi connectivity index (χ0) is 11.7. The molecular formula is C12H16Br2N2. The Morgan fingerprint density at radius 3 is 2.50 bits per heavy atom. The molecule has 1 aromatic rings. The SMILES string of the molecule is CN1CCC(N)CC1c1cc(Br)cc(Br)c1. The molecule has 1 aliphatic rings. The monoisotopic (exact) mass is 346 g/mol. The fourth-order valence-electron chi connectivity index (χ4n) is 2.27. The predicted molar refractivity (Wildman–Crippen MR) is 74.4 cm³/mol. The van der Waals surface area contributed by atoms with Gasteiger partial charge in [0.2, 0.25) is 0 Å². The van der Waals surface area contributed by atoms with E-state index in [0.717, 1.165) is 28.3 Å². The number of nitrogens with two attached hydrogens (primary N) is 1. The standard InChI is InChI=1S/C12H16Br2N2/c1-16-3-2-11(15)7-12(16)8-4-9(13)6-10(14)5-8/h4-6,11-12H,2-3,7,15H2,1H3. The lowest BCUT2D eigenvalue weighted by atomic mass is 9.93. The molecule has 0 bridgehead atoms. The van der Waals surface area contributed by atoms with Gasteiger partial charge in [0.1, 0.15) is 0 Å². The Balaban J connectivity index is 2.27. The first-order valence-corrected chi connectivity index (χ1v) is 7.06. The van der Waals surface area contributed by atoms with E-state index in [1.54, 1.807) is 0 Å². The Kier molecular flexibility index (Phi) is 4.06. The molecule has 1 aliphatic heterocycles. The molecule has 1 saturated heterocycles. The lowest BCUT2D eigenvalue weighted by Crippen LogP contribution is -2.39. The summed E-state index contributed by atoms with van der Waals surface area (Å²) >= 11 is 7.07. The summed E-state index contributed by atoms with van der Waals surface area (Å²) in [5.74, 6) is 0. The van der Waals surface area contributed by atoms with Crippen molar-refractivity contribution in [2.45, 2.75) is 24.9 Å². The lowest BCUT2D eigenvalue weighted by Gasteiger charge is -2.36. The summed E-state index contributed by atoms with van der Waals surface area (Å²) in [4.78, 5) is 2.39. The van der Waals surface area contributed by atoms with Crippen molar-refractivity contribution in [2.24, 2.45) is 5.73 Å². The predicted octanol–water partition coefficient (Wildman–Crippen LogP) is 3.31. The Hall–Kier alpha value is 0.1000. The fraction of sp³-hybridized carbons (Fsp3) is 0.500. The highest BCUT2D eigenvalue weighted by molar-refractivity contribution is 9.11. The molecule has 2 atom stereocenters. The second kappa shape index (κ2) is 5.17. The van der Waals surface area contributed by atoms with Gasteiger partial charge in [-0.15, -0.1) is 0 Å². The van der Waals surface area contributed by atoms with Crippen molar-refractivity contribution in [3.8, 4) is 0 Å². The Bertz CT molecular complexity index is 361. The highest BCUT2D eigenvalue weighted by atomic mass is 79.9. The summed E-state index contributed by atoms with van der Waals surface area (Å²) in [5.41, 5.74) is 7.38. The van der Waals surface area contributed by atoms with Crippen LogP contribution in [-0.2, 0) is 0 Å². The van der Waals surface area contributed by atoms with Crippen molar-refractivity contribution in [3.63, 3.8) is 0 Å². The smallest absolute Gasteiger partial charge is 0.0360 e. The lowest BCUT2D eigenvalue weighted by molar-refractivity contribution is 0.171. The van der Waals surface area contributed by atoms with E-state index >= 15 is 0 Å². The molecule has 0 radical (unpaired) electrons. The van der Waals surface area contributed by atoms with Crippen LogP contribution in [0.4, 0.5) is 0 Å². The molecule has 0 saturated carbocycles. The van der Waals surface area contributed by atoms with E-state index in [9.17, 15) is 0 Å². The van der Waals surface area contributed by atoms with E-state index in [2.05, 4.69) is 62.0 Å². The van der Waals surface area contributed by atoms with Gasteiger partial charge in [0.15, 0.2) is 0 Å². The van der Waals surface area contributed by atoms with Crippen LogP contribution in [0.25, 0.3) is 0 Å². The van der Waals surface area contributed by atoms with Gasteiger partial charge in [0, 0.05) is 21.0 Å². The van der Waals surface area contributed by atoms with Gasteiger partial charge in [-0.25, -0.2) is 0 Å². The molecule has 0 amide bonds. The first-order chi connectivity index (χ1) is 7.56. The van der Waals surface area contributed by atoms with Crippen LogP contribution in [-0.4, -0.2) is 24.5 Å². The minimum atomic E-state index is 0.332. The van der Waals surface area contributed by atoms with E-state index in [1.165, 1.54) is 5.56 Å². The van der Waals surface area contributed by atoms with Gasteiger partial charge >= 0.3 is 0 Å². The molecule has 1 heterocycles. The fourth-order valence-corrected chi connectivity index (χ4v) is 3.60. The van der Waals surface area contributed by atoms with Crippen molar-refractivity contribution in [1.82, 2.24) is 4.90 Å². The first-order valence-electron chi connectivity index (χ1n) is 5.48. The largest absolute Gasteiger partial charge is 0.328 e. The third-order valence-electron chi connectivity index (χ3n) is 3.18. The third kappa shape index (κ3) is 2.86. The average Bonchev–Trinajstić information content (AvgIpc) is 2.20. The number of hydrogen-bond acceptors (Lipinski definition) is 2. The summed E-state index contributed by atoms with van der Waals surface area (Å²) < 4.78 is 2.23. The van der Waals surface area contributed by atoms with E-state index in [-0.39, 0.29) is 0 Å². The van der Waals surface area contributed by atoms with Crippen molar-refractivity contribution in [3.05, 3.63) is 32.7 Å². The van der Waals surface area contributed by atoms with Gasteiger partial charge < -0.3 is 5.73 Å². The molecule has 1 fully saturated rings. The van der Waals surface area contributed by atoms with Crippen LogP contribution in [0.15, 0.2) is 27.1 Å². The Labute approximate surface area is 113 Å². The van der Waals surface area contributed by atoms with Crippen LogP contribution >= 0.6 is 31.9 Å². The molecule has 0 aromatic heterocycles. The molecule has 2 rings (SSSR count). The molecule has 0 spiro atoms. The van der Waals surface area contributed by atoms with Crippen molar-refractivity contribution >= 4 is 31.9 Å². The number of hydrogen-bond donors (Lipinski definition) is 1. The molecular weight excluding hydrogens is 332 g/mol. The summed E-state index contributed by atoms with van der Waals surface area (Å²) in [6, 6.07) is 7.21. The number of benzene rings is 1. The molecule has 16 heavy (non-hydrogen) atoms. The van der Waals surface area contributed by atoms with Crippen LogP contribution < -0.4 is 5.73 Å². The van der Waals surface area contributed by atoms with Crippen molar-refractivity contribution < 1.29 is 0 Å². The second-order valence-corrected chi connectivity index (χ2v) is 6.31. The van der Waals surface area contributed by atoms with Gasteiger partial charge in [-0.3, -0.25) is 4.90 Å². The van der Waals surface area contributed by atoms with Crippen LogP contribution in [0.2, 0.25) is 0 Å². The van der Waals surface area contributed by atoms with E-state index < -0.39 is 0 Å². The second-order valence-electron chi connectivity index (χ2n) is 4.48. The minimum Gasteiger partial charge on any atom is -0.328 e. The molecule has 2 unspecified atom stereocenters. The molecule has 4 heteroatoms. The number of rotatable bonds is 1. The normalized spacial score (nSPS) is 27.0. The number of nitrogens with zero attached hydrogens (tertiary/aromatic N) is 1. The van der Waals surface area contributed by atoms with Crippen LogP contribution in [0, 0.1) is 0 Å². The third-order valence-corrected chi connectivity index (χ3v) is 4.10. The van der Waals surface area contributed by atoms with Gasteiger partial charge in [0.05, 0.1) is 0 Å². The average molecular weight is 348 g/mol. The maximum atomic E-state index is 6.05. The maximum absolute atomic E-state index is 6.05. The first kappa shape index (κ1) is 12.6. The van der Waals surface area contributed by atoms with E-state index in [0.29, 0.717) is 12.1 Å². The van der Waals surface area contributed by atoms with E-state index in [4.69, 9.17) is 5.73 Å². The van der Waals surface area contributed by atoms with Crippen molar-refractivity contribution in [1.29, 1.82) is 0 Å². The topological polar surface area (TPSA) is 29.3 Å². The van der Waals surface area contributed by atoms with Gasteiger partial charge in [-0.05, 0) is 50.2 Å². The van der Waals surface area contributed by atoms with Crippen LogP contribution in [0.1, 0.15) is 24.4 Å². The number of likely N-dealkylation sites (tertiary alicyclic amines) is 1. The Morgan fingerprint density at radius 1 is 1.25 bits per heavy atom. The van der Waals surface area contributed by atoms with Gasteiger partial charge in [-0.1, -0.05) is 31.9 Å². The highest BCUT2D eigenvalue weighted by Crippen LogP contribution is 2.32. The summed E-state index contributed by atoms with van der Waals surface area (Å²) in [7, 11) is 2.17. The van der Waals surface area contributed by atoms with E-state index in [1.807, 2.05) is 0 Å². The zero-order valence-corrected chi connectivity index (χ0v) is 12.5. The van der Waals surface area contributed by atoms with Crippen LogP contribution in [0.3, 0.4) is 0 Å². The zero-order valence-electron chi connectivity index (χ0n) is 9.29. The minimum absolute atomic E-state index is 0.332. The molecule has 2 N–H and O–H groups in total. The maximum Gasteiger partial charge on any atom is 0.0360 e.